The second-order valence-corrected chi connectivity index (χ2v) is 5.39. The third-order valence-corrected chi connectivity index (χ3v) is 3.76. The van der Waals surface area contributed by atoms with E-state index in [1.807, 2.05) is 24.4 Å². The van der Waals surface area contributed by atoms with Crippen LogP contribution >= 0.6 is 11.3 Å². The van der Waals surface area contributed by atoms with Crippen molar-refractivity contribution in [2.45, 2.75) is 19.9 Å². The summed E-state index contributed by atoms with van der Waals surface area (Å²) in [6, 6.07) is 5.58. The molecule has 0 unspecified atom stereocenters. The summed E-state index contributed by atoms with van der Waals surface area (Å²) in [7, 11) is 0. The van der Waals surface area contributed by atoms with Gasteiger partial charge in [-0.25, -0.2) is 0 Å². The number of aromatic nitrogens is 1. The fourth-order valence-electron chi connectivity index (χ4n) is 1.77. The van der Waals surface area contributed by atoms with Crippen LogP contribution in [0.3, 0.4) is 0 Å². The topological polar surface area (TPSA) is 62.2 Å². The number of hydrogen-bond acceptors (Lipinski definition) is 4. The fourth-order valence-corrected chi connectivity index (χ4v) is 2.54. The van der Waals surface area contributed by atoms with Crippen molar-refractivity contribution in [2.24, 2.45) is 0 Å². The molecule has 21 heavy (non-hydrogen) atoms. The highest BCUT2D eigenvalue weighted by Crippen LogP contribution is 2.15. The van der Waals surface area contributed by atoms with Crippen molar-refractivity contribution in [1.82, 2.24) is 10.3 Å². The van der Waals surface area contributed by atoms with Crippen LogP contribution in [-0.2, 0) is 6.54 Å². The maximum atomic E-state index is 12.1. The van der Waals surface area contributed by atoms with Crippen LogP contribution in [0, 0.1) is 18.8 Å². The van der Waals surface area contributed by atoms with Gasteiger partial charge in [0.15, 0.2) is 0 Å². The van der Waals surface area contributed by atoms with Gasteiger partial charge >= 0.3 is 0 Å². The molecule has 4 nitrogen and oxygen atoms in total. The summed E-state index contributed by atoms with van der Waals surface area (Å²) in [5.74, 6) is 5.71. The van der Waals surface area contributed by atoms with E-state index < -0.39 is 0 Å². The van der Waals surface area contributed by atoms with Crippen LogP contribution in [0.2, 0.25) is 0 Å². The van der Waals surface area contributed by atoms with Crippen LogP contribution < -0.4 is 5.32 Å². The largest absolute Gasteiger partial charge is 0.395 e. The number of rotatable bonds is 4. The van der Waals surface area contributed by atoms with E-state index in [1.54, 1.807) is 23.6 Å². The van der Waals surface area contributed by atoms with Gasteiger partial charge in [-0.15, -0.1) is 11.3 Å². The Balaban J connectivity index is 2.01. The number of amides is 1. The number of hydrogen-bond donors (Lipinski definition) is 2. The molecule has 5 heteroatoms. The molecule has 2 aromatic rings. The van der Waals surface area contributed by atoms with Gasteiger partial charge in [-0.1, -0.05) is 17.9 Å². The highest BCUT2D eigenvalue weighted by Gasteiger charge is 2.10. The molecule has 0 aliphatic heterocycles. The minimum Gasteiger partial charge on any atom is -0.395 e. The summed E-state index contributed by atoms with van der Waals surface area (Å²) in [6.45, 7) is 2.34. The lowest BCUT2D eigenvalue weighted by atomic mass is 10.2. The first-order valence-corrected chi connectivity index (χ1v) is 7.46. The van der Waals surface area contributed by atoms with Gasteiger partial charge in [0.2, 0.25) is 0 Å². The SMILES string of the molecule is Cc1cccnc1C(=O)NCc1sccc1C#CCCO. The predicted molar refractivity (Wildman–Crippen MR) is 83.0 cm³/mol. The Kier molecular flexibility index (Phi) is 5.50. The van der Waals surface area contributed by atoms with E-state index in [9.17, 15) is 4.79 Å². The molecule has 0 saturated heterocycles. The number of nitrogens with zero attached hydrogens (tertiary/aromatic N) is 1. The molecule has 0 bridgehead atoms. The average molecular weight is 300 g/mol. The Hall–Kier alpha value is -2.16. The van der Waals surface area contributed by atoms with Crippen molar-refractivity contribution < 1.29 is 9.90 Å². The number of aliphatic hydroxyl groups is 1. The van der Waals surface area contributed by atoms with Crippen molar-refractivity contribution in [1.29, 1.82) is 0 Å². The first kappa shape index (κ1) is 15.2. The molecule has 0 aliphatic rings. The second kappa shape index (κ2) is 7.58. The molecular weight excluding hydrogens is 284 g/mol. The number of nitrogens with one attached hydrogen (secondary N) is 1. The van der Waals surface area contributed by atoms with Crippen molar-refractivity contribution in [2.75, 3.05) is 6.61 Å². The molecule has 2 aromatic heterocycles. The lowest BCUT2D eigenvalue weighted by Gasteiger charge is -2.05. The summed E-state index contributed by atoms with van der Waals surface area (Å²) in [4.78, 5) is 17.2. The Morgan fingerprint density at radius 2 is 2.33 bits per heavy atom. The van der Waals surface area contributed by atoms with E-state index in [0.29, 0.717) is 18.7 Å². The number of aliphatic hydroxyl groups excluding tert-OH is 1. The number of aryl methyl sites for hydroxylation is 1. The Morgan fingerprint density at radius 1 is 1.48 bits per heavy atom. The summed E-state index contributed by atoms with van der Waals surface area (Å²) >= 11 is 1.55. The zero-order chi connectivity index (χ0) is 15.1. The van der Waals surface area contributed by atoms with Gasteiger partial charge in [-0.3, -0.25) is 9.78 Å². The minimum atomic E-state index is -0.184. The lowest BCUT2D eigenvalue weighted by Crippen LogP contribution is -2.24. The van der Waals surface area contributed by atoms with E-state index in [-0.39, 0.29) is 12.5 Å². The Bertz CT molecular complexity index is 683. The normalized spacial score (nSPS) is 9.81. The Labute approximate surface area is 127 Å². The van der Waals surface area contributed by atoms with Crippen LogP contribution in [0.25, 0.3) is 0 Å². The van der Waals surface area contributed by atoms with E-state index in [1.165, 1.54) is 0 Å². The molecule has 0 aliphatic carbocycles. The van der Waals surface area contributed by atoms with Gasteiger partial charge in [-0.2, -0.15) is 0 Å². The summed E-state index contributed by atoms with van der Waals surface area (Å²) in [5.41, 5.74) is 2.19. The molecule has 0 aromatic carbocycles. The molecule has 2 N–H and O–H groups in total. The van der Waals surface area contributed by atoms with Gasteiger partial charge < -0.3 is 10.4 Å². The van der Waals surface area contributed by atoms with Gasteiger partial charge in [0.05, 0.1) is 13.2 Å². The molecule has 0 radical (unpaired) electrons. The molecule has 2 rings (SSSR count). The molecule has 1 amide bonds. The van der Waals surface area contributed by atoms with Crippen LogP contribution in [0.4, 0.5) is 0 Å². The fraction of sp³-hybridized carbons (Fsp3) is 0.250. The molecular formula is C16H16N2O2S. The summed E-state index contributed by atoms with van der Waals surface area (Å²) < 4.78 is 0. The molecule has 108 valence electrons. The van der Waals surface area contributed by atoms with Crippen LogP contribution in [-0.4, -0.2) is 22.6 Å². The third kappa shape index (κ3) is 4.15. The lowest BCUT2D eigenvalue weighted by molar-refractivity contribution is 0.0945. The first-order valence-electron chi connectivity index (χ1n) is 6.58. The van der Waals surface area contributed by atoms with E-state index in [2.05, 4.69) is 22.1 Å². The zero-order valence-corrected chi connectivity index (χ0v) is 12.5. The smallest absolute Gasteiger partial charge is 0.270 e. The predicted octanol–water partition coefficient (Wildman–Crippen LogP) is 2.12. The minimum absolute atomic E-state index is 0.0577. The average Bonchev–Trinajstić information content (AvgIpc) is 2.93. The third-order valence-electron chi connectivity index (χ3n) is 2.84. The maximum Gasteiger partial charge on any atom is 0.270 e. The van der Waals surface area contributed by atoms with Crippen molar-refractivity contribution in [3.05, 3.63) is 51.5 Å². The first-order chi connectivity index (χ1) is 10.2. The molecule has 0 spiro atoms. The summed E-state index contributed by atoms with van der Waals surface area (Å²) in [5, 5.41) is 13.5. The molecule has 0 saturated carbocycles. The van der Waals surface area contributed by atoms with Gasteiger partial charge in [0.25, 0.3) is 5.91 Å². The van der Waals surface area contributed by atoms with E-state index in [0.717, 1.165) is 16.0 Å². The van der Waals surface area contributed by atoms with Crippen molar-refractivity contribution >= 4 is 17.2 Å². The van der Waals surface area contributed by atoms with E-state index in [4.69, 9.17) is 5.11 Å². The highest BCUT2D eigenvalue weighted by molar-refractivity contribution is 7.10. The highest BCUT2D eigenvalue weighted by atomic mass is 32.1. The van der Waals surface area contributed by atoms with Crippen LogP contribution in [0.1, 0.15) is 32.9 Å². The van der Waals surface area contributed by atoms with Gasteiger partial charge in [0.1, 0.15) is 5.69 Å². The standard InChI is InChI=1S/C16H16N2O2S/c1-12-5-4-8-17-15(12)16(20)18-11-14-13(7-10-21-14)6-2-3-9-19/h4-5,7-8,10,19H,3,9,11H2,1H3,(H,18,20). The van der Waals surface area contributed by atoms with Gasteiger partial charge in [-0.05, 0) is 30.0 Å². The quantitative estimate of drug-likeness (QED) is 0.850. The molecule has 0 atom stereocenters. The van der Waals surface area contributed by atoms with Gasteiger partial charge in [0, 0.05) is 23.1 Å². The molecule has 0 fully saturated rings. The monoisotopic (exact) mass is 300 g/mol. The van der Waals surface area contributed by atoms with Crippen molar-refractivity contribution in [3.63, 3.8) is 0 Å². The number of carbonyl (C=O) groups excluding carboxylic acids is 1. The number of pyridine rings is 1. The molecule has 2 heterocycles. The maximum absolute atomic E-state index is 12.1. The Morgan fingerprint density at radius 3 is 3.10 bits per heavy atom. The van der Waals surface area contributed by atoms with Crippen LogP contribution in [0.15, 0.2) is 29.8 Å². The van der Waals surface area contributed by atoms with E-state index >= 15 is 0 Å². The van der Waals surface area contributed by atoms with Crippen LogP contribution in [0.5, 0.6) is 0 Å². The second-order valence-electron chi connectivity index (χ2n) is 4.38. The summed E-state index contributed by atoms with van der Waals surface area (Å²) in [6.07, 6.45) is 2.06. The number of carbonyl (C=O) groups is 1. The number of thiophene rings is 1. The zero-order valence-electron chi connectivity index (χ0n) is 11.7. The van der Waals surface area contributed by atoms with Crippen molar-refractivity contribution in [3.8, 4) is 11.8 Å².